The lowest BCUT2D eigenvalue weighted by Crippen LogP contribution is -2.43. The van der Waals surface area contributed by atoms with Crippen molar-refractivity contribution in [2.45, 2.75) is 31.7 Å². The van der Waals surface area contributed by atoms with Gasteiger partial charge in [0.1, 0.15) is 11.3 Å². The first-order valence-electron chi connectivity index (χ1n) is 10.5. The molecule has 1 saturated carbocycles. The molecule has 0 bridgehead atoms. The zero-order chi connectivity index (χ0) is 22.9. The first kappa shape index (κ1) is 20.7. The number of benzene rings is 1. The number of carbonyl (C=O) groups excluding carboxylic acids is 2. The SMILES string of the molecule is COC(=O)NC1CC(c2nc(-c3ccc(C)c(NC(=O)c4cnc5ccccn45)c3)no2)C1. The first-order chi connectivity index (χ1) is 16.0. The number of methoxy groups -OCH3 is 1. The largest absolute Gasteiger partial charge is 0.453 e. The normalized spacial score (nSPS) is 17.4. The van der Waals surface area contributed by atoms with Crippen LogP contribution in [0.4, 0.5) is 10.5 Å². The van der Waals surface area contributed by atoms with Crippen molar-refractivity contribution in [1.29, 1.82) is 0 Å². The van der Waals surface area contributed by atoms with Crippen LogP contribution >= 0.6 is 0 Å². The molecule has 0 radical (unpaired) electrons. The number of rotatable bonds is 5. The highest BCUT2D eigenvalue weighted by molar-refractivity contribution is 6.04. The maximum absolute atomic E-state index is 12.9. The minimum absolute atomic E-state index is 0.0404. The number of aromatic nitrogens is 4. The summed E-state index contributed by atoms with van der Waals surface area (Å²) in [7, 11) is 1.34. The zero-order valence-corrected chi connectivity index (χ0v) is 18.1. The van der Waals surface area contributed by atoms with E-state index in [4.69, 9.17) is 4.52 Å². The number of hydrogen-bond acceptors (Lipinski definition) is 7. The Hall–Kier alpha value is -4.21. The van der Waals surface area contributed by atoms with Crippen LogP contribution in [0.5, 0.6) is 0 Å². The second kappa shape index (κ2) is 8.38. The van der Waals surface area contributed by atoms with E-state index in [9.17, 15) is 9.59 Å². The van der Waals surface area contributed by atoms with E-state index in [1.165, 1.54) is 7.11 Å². The summed E-state index contributed by atoms with van der Waals surface area (Å²) in [6.07, 6.45) is 4.34. The summed E-state index contributed by atoms with van der Waals surface area (Å²) >= 11 is 0. The summed E-state index contributed by atoms with van der Waals surface area (Å²) in [5, 5.41) is 9.83. The van der Waals surface area contributed by atoms with Gasteiger partial charge in [0.25, 0.3) is 5.91 Å². The van der Waals surface area contributed by atoms with Gasteiger partial charge in [0.05, 0.1) is 13.3 Å². The minimum atomic E-state index is -0.442. The second-order valence-corrected chi connectivity index (χ2v) is 8.01. The van der Waals surface area contributed by atoms with Gasteiger partial charge in [-0.05, 0) is 43.5 Å². The maximum atomic E-state index is 12.9. The summed E-state index contributed by atoms with van der Waals surface area (Å²) in [6.45, 7) is 1.92. The minimum Gasteiger partial charge on any atom is -0.453 e. The summed E-state index contributed by atoms with van der Waals surface area (Å²) in [5.74, 6) is 0.805. The van der Waals surface area contributed by atoms with Crippen molar-refractivity contribution in [2.75, 3.05) is 12.4 Å². The Morgan fingerprint density at radius 2 is 2.06 bits per heavy atom. The average molecular weight is 446 g/mol. The van der Waals surface area contributed by atoms with Crippen LogP contribution in [0.3, 0.4) is 0 Å². The molecule has 0 spiro atoms. The number of imidazole rings is 1. The van der Waals surface area contributed by atoms with E-state index in [1.807, 2.05) is 43.3 Å². The molecular weight excluding hydrogens is 424 g/mol. The Kier molecular flexibility index (Phi) is 5.25. The number of hydrogen-bond donors (Lipinski definition) is 2. The number of carbonyl (C=O) groups is 2. The highest BCUT2D eigenvalue weighted by Crippen LogP contribution is 2.37. The number of ether oxygens (including phenoxy) is 1. The topological polar surface area (TPSA) is 124 Å². The summed E-state index contributed by atoms with van der Waals surface area (Å²) < 4.78 is 11.8. The molecule has 0 atom stereocenters. The molecule has 0 aliphatic heterocycles. The molecule has 33 heavy (non-hydrogen) atoms. The molecule has 168 valence electrons. The van der Waals surface area contributed by atoms with Gasteiger partial charge >= 0.3 is 6.09 Å². The monoisotopic (exact) mass is 446 g/mol. The third-order valence-corrected chi connectivity index (χ3v) is 5.83. The molecule has 1 fully saturated rings. The summed E-state index contributed by atoms with van der Waals surface area (Å²) in [4.78, 5) is 33.0. The fraction of sp³-hybridized carbons (Fsp3) is 0.261. The van der Waals surface area contributed by atoms with E-state index in [0.717, 1.165) is 11.1 Å². The molecule has 0 unspecified atom stereocenters. The van der Waals surface area contributed by atoms with Crippen LogP contribution < -0.4 is 10.6 Å². The van der Waals surface area contributed by atoms with E-state index in [0.29, 0.717) is 41.6 Å². The van der Waals surface area contributed by atoms with Crippen molar-refractivity contribution in [2.24, 2.45) is 0 Å². The number of pyridine rings is 1. The Bertz CT molecular complexity index is 1340. The maximum Gasteiger partial charge on any atom is 0.407 e. The number of nitrogens with zero attached hydrogens (tertiary/aromatic N) is 4. The summed E-state index contributed by atoms with van der Waals surface area (Å²) in [5.41, 5.74) is 3.43. The van der Waals surface area contributed by atoms with E-state index in [-0.39, 0.29) is 17.9 Å². The van der Waals surface area contributed by atoms with Gasteiger partial charge in [-0.3, -0.25) is 9.20 Å². The van der Waals surface area contributed by atoms with Crippen molar-refractivity contribution >= 4 is 23.3 Å². The molecule has 1 aliphatic carbocycles. The standard InChI is InChI=1S/C23H22N6O4/c1-13-6-7-14(20-27-22(33-28-20)15-9-16(10-15)25-23(31)32-2)11-17(13)26-21(30)18-12-24-19-5-3-4-8-29(18)19/h3-8,11-12,15-16H,9-10H2,1-2H3,(H,25,31)(H,26,30). The third kappa shape index (κ3) is 4.02. The molecule has 1 aromatic carbocycles. The highest BCUT2D eigenvalue weighted by Gasteiger charge is 2.35. The molecule has 10 heteroatoms. The highest BCUT2D eigenvalue weighted by atomic mass is 16.5. The Morgan fingerprint density at radius 3 is 2.88 bits per heavy atom. The van der Waals surface area contributed by atoms with Gasteiger partial charge in [-0.15, -0.1) is 0 Å². The van der Waals surface area contributed by atoms with E-state index in [1.54, 1.807) is 16.8 Å². The van der Waals surface area contributed by atoms with Gasteiger partial charge in [0, 0.05) is 29.4 Å². The molecular formula is C23H22N6O4. The Labute approximate surface area is 189 Å². The van der Waals surface area contributed by atoms with Crippen LogP contribution in [0.25, 0.3) is 17.0 Å². The zero-order valence-electron chi connectivity index (χ0n) is 18.1. The van der Waals surface area contributed by atoms with Crippen LogP contribution in [0.15, 0.2) is 53.3 Å². The quantitative estimate of drug-likeness (QED) is 0.480. The van der Waals surface area contributed by atoms with E-state index >= 15 is 0 Å². The van der Waals surface area contributed by atoms with Gasteiger partial charge < -0.3 is 19.9 Å². The van der Waals surface area contributed by atoms with Gasteiger partial charge in [-0.1, -0.05) is 23.4 Å². The average Bonchev–Trinajstić information content (AvgIpc) is 3.44. The first-order valence-corrected chi connectivity index (χ1v) is 10.5. The lowest BCUT2D eigenvalue weighted by atomic mass is 9.80. The fourth-order valence-corrected chi connectivity index (χ4v) is 3.86. The number of aryl methyl sites for hydroxylation is 1. The van der Waals surface area contributed by atoms with E-state index in [2.05, 4.69) is 30.5 Å². The van der Waals surface area contributed by atoms with Crippen LogP contribution in [0.2, 0.25) is 0 Å². The lowest BCUT2D eigenvalue weighted by Gasteiger charge is -2.32. The Morgan fingerprint density at radius 1 is 1.21 bits per heavy atom. The molecule has 5 rings (SSSR count). The van der Waals surface area contributed by atoms with Crippen LogP contribution in [-0.2, 0) is 4.74 Å². The molecule has 2 N–H and O–H groups in total. The lowest BCUT2D eigenvalue weighted by molar-refractivity contribution is 0.102. The third-order valence-electron chi connectivity index (χ3n) is 5.83. The van der Waals surface area contributed by atoms with Gasteiger partial charge in [0.15, 0.2) is 0 Å². The van der Waals surface area contributed by atoms with Gasteiger partial charge in [0.2, 0.25) is 11.7 Å². The smallest absolute Gasteiger partial charge is 0.407 e. The van der Waals surface area contributed by atoms with Crippen molar-refractivity contribution in [3.05, 3.63) is 65.9 Å². The predicted molar refractivity (Wildman–Crippen MR) is 119 cm³/mol. The van der Waals surface area contributed by atoms with Crippen LogP contribution in [-0.4, -0.2) is 44.7 Å². The van der Waals surface area contributed by atoms with Gasteiger partial charge in [-0.25, -0.2) is 9.78 Å². The van der Waals surface area contributed by atoms with Crippen molar-refractivity contribution in [3.63, 3.8) is 0 Å². The van der Waals surface area contributed by atoms with Crippen LogP contribution in [0.1, 0.15) is 40.7 Å². The number of nitrogens with one attached hydrogen (secondary N) is 2. The molecule has 4 aromatic rings. The molecule has 2 amide bonds. The molecule has 3 aromatic heterocycles. The van der Waals surface area contributed by atoms with E-state index < -0.39 is 6.09 Å². The number of amides is 2. The molecule has 1 aliphatic rings. The second-order valence-electron chi connectivity index (χ2n) is 8.01. The predicted octanol–water partition coefficient (Wildman–Crippen LogP) is 3.55. The summed E-state index contributed by atoms with van der Waals surface area (Å²) in [6, 6.07) is 11.2. The molecule has 3 heterocycles. The molecule has 10 nitrogen and oxygen atoms in total. The van der Waals surface area contributed by atoms with Crippen molar-refractivity contribution < 1.29 is 18.8 Å². The number of anilines is 1. The Balaban J connectivity index is 1.30. The molecule has 0 saturated heterocycles. The number of fused-ring (bicyclic) bond motifs is 1. The van der Waals surface area contributed by atoms with Gasteiger partial charge in [-0.2, -0.15) is 4.98 Å². The van der Waals surface area contributed by atoms with Crippen molar-refractivity contribution in [1.82, 2.24) is 24.8 Å². The fourth-order valence-electron chi connectivity index (χ4n) is 3.86. The van der Waals surface area contributed by atoms with Crippen LogP contribution in [0, 0.1) is 6.92 Å². The van der Waals surface area contributed by atoms with Crippen molar-refractivity contribution in [3.8, 4) is 11.4 Å². The number of alkyl carbamates (subject to hydrolysis) is 1.